The Kier molecular flexibility index (Phi) is 5.40. The summed E-state index contributed by atoms with van der Waals surface area (Å²) in [6.45, 7) is 6.09. The Hall–Kier alpha value is -2.33. The van der Waals surface area contributed by atoms with Gasteiger partial charge in [-0.15, -0.1) is 0 Å². The zero-order valence-electron chi connectivity index (χ0n) is 13.8. The molecule has 2 aromatic carbocycles. The Morgan fingerprint density at radius 3 is 2.43 bits per heavy atom. The molecule has 4 heteroatoms. The van der Waals surface area contributed by atoms with E-state index in [1.165, 1.54) is 0 Å². The Morgan fingerprint density at radius 2 is 1.74 bits per heavy atom. The molecule has 0 aromatic heterocycles. The SMILES string of the molecule is CC(C)(C)c1ccccc1NC(=O)COc1ccccc1CO. The standard InChI is InChI=1S/C19H23NO3/c1-19(2,3)15-9-5-6-10-16(15)20-18(22)13-23-17-11-7-4-8-14(17)12-21/h4-11,21H,12-13H2,1-3H3,(H,20,22). The molecule has 0 aliphatic rings. The van der Waals surface area contributed by atoms with Crippen molar-refractivity contribution in [2.45, 2.75) is 32.8 Å². The highest BCUT2D eigenvalue weighted by Gasteiger charge is 2.18. The quantitative estimate of drug-likeness (QED) is 0.888. The first-order chi connectivity index (χ1) is 10.9. The first kappa shape index (κ1) is 17.0. The third-order valence-corrected chi connectivity index (χ3v) is 3.51. The van der Waals surface area contributed by atoms with Crippen LogP contribution in [0.1, 0.15) is 31.9 Å². The molecule has 0 atom stereocenters. The number of para-hydroxylation sites is 2. The third-order valence-electron chi connectivity index (χ3n) is 3.51. The summed E-state index contributed by atoms with van der Waals surface area (Å²) >= 11 is 0. The summed E-state index contributed by atoms with van der Waals surface area (Å²) in [7, 11) is 0. The predicted molar refractivity (Wildman–Crippen MR) is 91.6 cm³/mol. The molecule has 122 valence electrons. The van der Waals surface area contributed by atoms with Crippen LogP contribution in [-0.4, -0.2) is 17.6 Å². The van der Waals surface area contributed by atoms with Crippen molar-refractivity contribution in [3.05, 3.63) is 59.7 Å². The van der Waals surface area contributed by atoms with Gasteiger partial charge in [0, 0.05) is 11.3 Å². The molecule has 0 unspecified atom stereocenters. The van der Waals surface area contributed by atoms with Crippen LogP contribution in [0.4, 0.5) is 5.69 Å². The molecule has 0 bridgehead atoms. The van der Waals surface area contributed by atoms with E-state index < -0.39 is 0 Å². The molecular formula is C19H23NO3. The van der Waals surface area contributed by atoms with Crippen molar-refractivity contribution in [2.24, 2.45) is 0 Å². The highest BCUT2D eigenvalue weighted by Crippen LogP contribution is 2.29. The zero-order valence-corrected chi connectivity index (χ0v) is 13.8. The maximum Gasteiger partial charge on any atom is 0.262 e. The molecule has 1 amide bonds. The lowest BCUT2D eigenvalue weighted by Crippen LogP contribution is -2.23. The van der Waals surface area contributed by atoms with Crippen LogP contribution in [0.5, 0.6) is 5.75 Å². The van der Waals surface area contributed by atoms with Crippen molar-refractivity contribution in [3.8, 4) is 5.75 Å². The van der Waals surface area contributed by atoms with Gasteiger partial charge in [-0.2, -0.15) is 0 Å². The van der Waals surface area contributed by atoms with E-state index in [0.717, 1.165) is 11.3 Å². The molecule has 0 radical (unpaired) electrons. The van der Waals surface area contributed by atoms with Gasteiger partial charge in [-0.05, 0) is 23.1 Å². The van der Waals surface area contributed by atoms with E-state index >= 15 is 0 Å². The van der Waals surface area contributed by atoms with Gasteiger partial charge in [-0.3, -0.25) is 4.79 Å². The fourth-order valence-corrected chi connectivity index (χ4v) is 2.35. The molecule has 0 saturated heterocycles. The number of hydrogen-bond donors (Lipinski definition) is 2. The summed E-state index contributed by atoms with van der Waals surface area (Å²) in [6, 6.07) is 14.9. The fraction of sp³-hybridized carbons (Fsp3) is 0.316. The van der Waals surface area contributed by atoms with Crippen LogP contribution >= 0.6 is 0 Å². The first-order valence-electron chi connectivity index (χ1n) is 7.62. The van der Waals surface area contributed by atoms with Crippen LogP contribution in [0.2, 0.25) is 0 Å². The summed E-state index contributed by atoms with van der Waals surface area (Å²) in [5.41, 5.74) is 2.47. The fourth-order valence-electron chi connectivity index (χ4n) is 2.35. The maximum absolute atomic E-state index is 12.2. The molecule has 2 aromatic rings. The van der Waals surface area contributed by atoms with Crippen molar-refractivity contribution < 1.29 is 14.6 Å². The molecule has 0 aliphatic heterocycles. The molecule has 0 fully saturated rings. The van der Waals surface area contributed by atoms with E-state index in [0.29, 0.717) is 11.3 Å². The lowest BCUT2D eigenvalue weighted by Gasteiger charge is -2.23. The van der Waals surface area contributed by atoms with Crippen LogP contribution in [0.25, 0.3) is 0 Å². The predicted octanol–water partition coefficient (Wildman–Crippen LogP) is 3.49. The van der Waals surface area contributed by atoms with Crippen LogP contribution in [-0.2, 0) is 16.8 Å². The van der Waals surface area contributed by atoms with Crippen LogP contribution in [0.15, 0.2) is 48.5 Å². The molecule has 0 saturated carbocycles. The Bertz CT molecular complexity index is 674. The van der Waals surface area contributed by atoms with Crippen LogP contribution in [0, 0.1) is 0 Å². The van der Waals surface area contributed by atoms with Crippen molar-refractivity contribution in [3.63, 3.8) is 0 Å². The zero-order chi connectivity index (χ0) is 16.9. The molecule has 2 rings (SSSR count). The molecule has 4 nitrogen and oxygen atoms in total. The second-order valence-corrected chi connectivity index (χ2v) is 6.40. The Morgan fingerprint density at radius 1 is 1.09 bits per heavy atom. The molecule has 0 aliphatic carbocycles. The number of anilines is 1. The second-order valence-electron chi connectivity index (χ2n) is 6.40. The number of nitrogens with one attached hydrogen (secondary N) is 1. The summed E-state index contributed by atoms with van der Waals surface area (Å²) < 4.78 is 5.52. The number of ether oxygens (including phenoxy) is 1. The van der Waals surface area contributed by atoms with Gasteiger partial charge in [0.05, 0.1) is 6.61 Å². The van der Waals surface area contributed by atoms with Gasteiger partial charge in [0.1, 0.15) is 5.75 Å². The molecule has 2 N–H and O–H groups in total. The summed E-state index contributed by atoms with van der Waals surface area (Å²) in [6.07, 6.45) is 0. The minimum absolute atomic E-state index is 0.0613. The smallest absolute Gasteiger partial charge is 0.262 e. The largest absolute Gasteiger partial charge is 0.483 e. The number of aliphatic hydroxyl groups excluding tert-OH is 1. The first-order valence-corrected chi connectivity index (χ1v) is 7.62. The van der Waals surface area contributed by atoms with Crippen LogP contribution in [0.3, 0.4) is 0 Å². The number of amides is 1. The van der Waals surface area contributed by atoms with Crippen molar-refractivity contribution >= 4 is 11.6 Å². The van der Waals surface area contributed by atoms with Crippen LogP contribution < -0.4 is 10.1 Å². The van der Waals surface area contributed by atoms with Gasteiger partial charge >= 0.3 is 0 Å². The monoisotopic (exact) mass is 313 g/mol. The number of carbonyl (C=O) groups is 1. The van der Waals surface area contributed by atoms with Gasteiger partial charge in [0.2, 0.25) is 0 Å². The van der Waals surface area contributed by atoms with E-state index in [-0.39, 0.29) is 24.5 Å². The van der Waals surface area contributed by atoms with Gasteiger partial charge < -0.3 is 15.2 Å². The highest BCUT2D eigenvalue weighted by molar-refractivity contribution is 5.92. The second kappa shape index (κ2) is 7.29. The van der Waals surface area contributed by atoms with Gasteiger partial charge in [0.15, 0.2) is 6.61 Å². The minimum atomic E-state index is -0.227. The summed E-state index contributed by atoms with van der Waals surface area (Å²) in [5.74, 6) is 0.295. The lowest BCUT2D eigenvalue weighted by molar-refractivity contribution is -0.118. The summed E-state index contributed by atoms with van der Waals surface area (Å²) in [5, 5.41) is 12.2. The number of rotatable bonds is 5. The molecular weight excluding hydrogens is 290 g/mol. The lowest BCUT2D eigenvalue weighted by atomic mass is 9.86. The molecule has 0 spiro atoms. The van der Waals surface area contributed by atoms with Crippen molar-refractivity contribution in [2.75, 3.05) is 11.9 Å². The maximum atomic E-state index is 12.2. The molecule has 23 heavy (non-hydrogen) atoms. The van der Waals surface area contributed by atoms with Gasteiger partial charge in [-0.1, -0.05) is 57.2 Å². The minimum Gasteiger partial charge on any atom is -0.483 e. The number of hydrogen-bond acceptors (Lipinski definition) is 3. The van der Waals surface area contributed by atoms with Crippen molar-refractivity contribution in [1.82, 2.24) is 0 Å². The van der Waals surface area contributed by atoms with Crippen molar-refractivity contribution in [1.29, 1.82) is 0 Å². The summed E-state index contributed by atoms with van der Waals surface area (Å²) in [4.78, 5) is 12.2. The van der Waals surface area contributed by atoms with Gasteiger partial charge in [0.25, 0.3) is 5.91 Å². The van der Waals surface area contributed by atoms with E-state index in [2.05, 4.69) is 26.1 Å². The number of carbonyl (C=O) groups excluding carboxylic acids is 1. The number of benzene rings is 2. The highest BCUT2D eigenvalue weighted by atomic mass is 16.5. The molecule has 0 heterocycles. The van der Waals surface area contributed by atoms with E-state index in [4.69, 9.17) is 4.74 Å². The van der Waals surface area contributed by atoms with E-state index in [9.17, 15) is 9.90 Å². The topological polar surface area (TPSA) is 58.6 Å². The Labute approximate surface area is 137 Å². The van der Waals surface area contributed by atoms with E-state index in [1.54, 1.807) is 18.2 Å². The van der Waals surface area contributed by atoms with E-state index in [1.807, 2.05) is 30.3 Å². The number of aliphatic hydroxyl groups is 1. The average Bonchev–Trinajstić information content (AvgIpc) is 2.52. The normalized spacial score (nSPS) is 11.1. The van der Waals surface area contributed by atoms with Gasteiger partial charge in [-0.25, -0.2) is 0 Å². The Balaban J connectivity index is 2.04. The third kappa shape index (κ3) is 4.57. The average molecular weight is 313 g/mol.